The number of rotatable bonds is 2. The molecule has 0 radical (unpaired) electrons. The maximum absolute atomic E-state index is 13.4. The van der Waals surface area contributed by atoms with Crippen molar-refractivity contribution >= 4 is 38.6 Å². The number of aryl methyl sites for hydroxylation is 1. The van der Waals surface area contributed by atoms with Gasteiger partial charge in [0.2, 0.25) is 0 Å². The van der Waals surface area contributed by atoms with Gasteiger partial charge in [0.15, 0.2) is 0 Å². The Morgan fingerprint density at radius 3 is 2.81 bits per heavy atom. The number of alkyl halides is 1. The first-order valence-corrected chi connectivity index (χ1v) is 6.26. The van der Waals surface area contributed by atoms with Crippen LogP contribution in [0.25, 0.3) is 11.0 Å². The van der Waals surface area contributed by atoms with Crippen molar-refractivity contribution in [1.82, 2.24) is 9.55 Å². The average molecular weight is 306 g/mol. The Labute approximate surface area is 107 Å². The maximum atomic E-state index is 13.4. The first kappa shape index (κ1) is 11.9. The minimum Gasteiger partial charge on any atom is -0.327 e. The Kier molecular flexibility index (Phi) is 3.22. The molecule has 5 heteroatoms. The summed E-state index contributed by atoms with van der Waals surface area (Å²) in [6.45, 7) is 4.64. The smallest absolute Gasteiger partial charge is 0.139 e. The minimum atomic E-state index is -0.304. The molecule has 0 N–H and O–H groups in total. The number of hydrogen-bond acceptors (Lipinski definition) is 1. The van der Waals surface area contributed by atoms with Gasteiger partial charge in [-0.25, -0.2) is 9.37 Å². The highest BCUT2D eigenvalue weighted by atomic mass is 79.9. The molecular weight excluding hydrogens is 294 g/mol. The molecule has 1 aromatic carbocycles. The second-order valence-electron chi connectivity index (χ2n) is 3.59. The van der Waals surface area contributed by atoms with Crippen LogP contribution in [0, 0.1) is 5.82 Å². The van der Waals surface area contributed by atoms with Crippen LogP contribution in [0.2, 0.25) is 0 Å². The fraction of sp³-hybridized carbons (Fsp3) is 0.364. The SMILES string of the molecule is CCn1c(C(C)Cl)nc2cc(F)c(Br)cc21. The van der Waals surface area contributed by atoms with E-state index < -0.39 is 0 Å². The summed E-state index contributed by atoms with van der Waals surface area (Å²) >= 11 is 9.23. The van der Waals surface area contributed by atoms with Gasteiger partial charge in [0, 0.05) is 12.6 Å². The van der Waals surface area contributed by atoms with E-state index in [4.69, 9.17) is 11.6 Å². The highest BCUT2D eigenvalue weighted by Gasteiger charge is 2.15. The van der Waals surface area contributed by atoms with Crippen LogP contribution in [0.15, 0.2) is 16.6 Å². The van der Waals surface area contributed by atoms with Crippen LogP contribution in [-0.4, -0.2) is 9.55 Å². The third kappa shape index (κ3) is 1.84. The van der Waals surface area contributed by atoms with E-state index in [0.717, 1.165) is 17.9 Å². The molecule has 0 aliphatic heterocycles. The quantitative estimate of drug-likeness (QED) is 0.758. The molecule has 0 spiro atoms. The molecular formula is C11H11BrClFN2. The van der Waals surface area contributed by atoms with Crippen molar-refractivity contribution in [2.24, 2.45) is 0 Å². The summed E-state index contributed by atoms with van der Waals surface area (Å²) in [5.41, 5.74) is 1.54. The average Bonchev–Trinajstić information content (AvgIpc) is 2.57. The van der Waals surface area contributed by atoms with Gasteiger partial charge in [-0.05, 0) is 35.8 Å². The molecule has 0 aliphatic carbocycles. The van der Waals surface area contributed by atoms with Gasteiger partial charge in [0.25, 0.3) is 0 Å². The second kappa shape index (κ2) is 4.34. The lowest BCUT2D eigenvalue weighted by atomic mass is 10.3. The predicted octanol–water partition coefficient (Wildman–Crippen LogP) is 4.26. The summed E-state index contributed by atoms with van der Waals surface area (Å²) in [6.07, 6.45) is 0. The molecule has 1 heterocycles. The number of hydrogen-bond donors (Lipinski definition) is 0. The van der Waals surface area contributed by atoms with Crippen LogP contribution in [0.5, 0.6) is 0 Å². The van der Waals surface area contributed by atoms with Crippen molar-refractivity contribution in [1.29, 1.82) is 0 Å². The largest absolute Gasteiger partial charge is 0.327 e. The van der Waals surface area contributed by atoms with Crippen molar-refractivity contribution in [2.75, 3.05) is 0 Å². The predicted molar refractivity (Wildman–Crippen MR) is 67.3 cm³/mol. The molecule has 0 fully saturated rings. The molecule has 0 amide bonds. The van der Waals surface area contributed by atoms with Crippen LogP contribution in [0.4, 0.5) is 4.39 Å². The van der Waals surface area contributed by atoms with Crippen LogP contribution in [0.1, 0.15) is 25.0 Å². The number of benzene rings is 1. The summed E-state index contributed by atoms with van der Waals surface area (Å²) < 4.78 is 15.8. The van der Waals surface area contributed by atoms with E-state index in [9.17, 15) is 4.39 Å². The van der Waals surface area contributed by atoms with Crippen LogP contribution in [0.3, 0.4) is 0 Å². The van der Waals surface area contributed by atoms with Gasteiger partial charge in [-0.2, -0.15) is 0 Å². The lowest BCUT2D eigenvalue weighted by Crippen LogP contribution is -2.01. The van der Waals surface area contributed by atoms with E-state index in [1.54, 1.807) is 6.07 Å². The normalized spacial score (nSPS) is 13.3. The van der Waals surface area contributed by atoms with Gasteiger partial charge in [-0.15, -0.1) is 11.6 Å². The Morgan fingerprint density at radius 2 is 2.25 bits per heavy atom. The summed E-state index contributed by atoms with van der Waals surface area (Å²) in [5, 5.41) is -0.186. The lowest BCUT2D eigenvalue weighted by Gasteiger charge is -2.07. The van der Waals surface area contributed by atoms with E-state index >= 15 is 0 Å². The van der Waals surface area contributed by atoms with E-state index in [2.05, 4.69) is 20.9 Å². The van der Waals surface area contributed by atoms with Gasteiger partial charge in [-0.3, -0.25) is 0 Å². The molecule has 0 aliphatic rings. The second-order valence-corrected chi connectivity index (χ2v) is 5.09. The fourth-order valence-corrected chi connectivity index (χ4v) is 2.27. The molecule has 2 rings (SSSR count). The van der Waals surface area contributed by atoms with Crippen molar-refractivity contribution in [3.8, 4) is 0 Å². The van der Waals surface area contributed by atoms with Gasteiger partial charge < -0.3 is 4.57 Å². The van der Waals surface area contributed by atoms with Crippen molar-refractivity contribution in [2.45, 2.75) is 25.8 Å². The zero-order chi connectivity index (χ0) is 11.9. The first-order valence-electron chi connectivity index (χ1n) is 5.03. The highest BCUT2D eigenvalue weighted by Crippen LogP contribution is 2.28. The minimum absolute atomic E-state index is 0.186. The molecule has 86 valence electrons. The van der Waals surface area contributed by atoms with Crippen molar-refractivity contribution in [3.05, 3.63) is 28.2 Å². The molecule has 1 unspecified atom stereocenters. The van der Waals surface area contributed by atoms with Crippen molar-refractivity contribution < 1.29 is 4.39 Å². The highest BCUT2D eigenvalue weighted by molar-refractivity contribution is 9.10. The Bertz CT molecular complexity index is 536. The fourth-order valence-electron chi connectivity index (χ4n) is 1.77. The first-order chi connectivity index (χ1) is 7.54. The molecule has 1 atom stereocenters. The summed E-state index contributed by atoms with van der Waals surface area (Å²) in [7, 11) is 0. The van der Waals surface area contributed by atoms with E-state index in [0.29, 0.717) is 9.99 Å². The Morgan fingerprint density at radius 1 is 1.56 bits per heavy atom. The van der Waals surface area contributed by atoms with E-state index in [-0.39, 0.29) is 11.2 Å². The van der Waals surface area contributed by atoms with Gasteiger partial charge in [0.05, 0.1) is 20.9 Å². The molecule has 0 saturated carbocycles. The zero-order valence-electron chi connectivity index (χ0n) is 8.97. The number of imidazole rings is 1. The standard InChI is InChI=1S/C11H11BrClFN2/c1-3-16-10-4-7(12)8(14)5-9(10)15-11(16)6(2)13/h4-6H,3H2,1-2H3. The molecule has 2 nitrogen and oxygen atoms in total. The van der Waals surface area contributed by atoms with Crippen LogP contribution < -0.4 is 0 Å². The van der Waals surface area contributed by atoms with Gasteiger partial charge in [0.1, 0.15) is 11.6 Å². The molecule has 1 aromatic heterocycles. The van der Waals surface area contributed by atoms with E-state index in [1.807, 2.05) is 18.4 Å². The summed E-state index contributed by atoms with van der Waals surface area (Å²) in [4.78, 5) is 4.36. The molecule has 0 saturated heterocycles. The molecule has 0 bridgehead atoms. The number of halogens is 3. The van der Waals surface area contributed by atoms with E-state index in [1.165, 1.54) is 6.07 Å². The third-order valence-corrected chi connectivity index (χ3v) is 3.29. The summed E-state index contributed by atoms with van der Waals surface area (Å²) in [6, 6.07) is 3.16. The van der Waals surface area contributed by atoms with Gasteiger partial charge >= 0.3 is 0 Å². The maximum Gasteiger partial charge on any atom is 0.139 e. The number of fused-ring (bicyclic) bond motifs is 1. The monoisotopic (exact) mass is 304 g/mol. The van der Waals surface area contributed by atoms with Crippen LogP contribution >= 0.6 is 27.5 Å². The summed E-state index contributed by atoms with van der Waals surface area (Å²) in [5.74, 6) is 0.471. The number of aromatic nitrogens is 2. The Balaban J connectivity index is 2.77. The molecule has 2 aromatic rings. The van der Waals surface area contributed by atoms with Crippen molar-refractivity contribution in [3.63, 3.8) is 0 Å². The number of nitrogens with zero attached hydrogens (tertiary/aromatic N) is 2. The Hall–Kier alpha value is -0.610. The third-order valence-electron chi connectivity index (χ3n) is 2.49. The van der Waals surface area contributed by atoms with Crippen LogP contribution in [-0.2, 0) is 6.54 Å². The lowest BCUT2D eigenvalue weighted by molar-refractivity contribution is 0.622. The topological polar surface area (TPSA) is 17.8 Å². The van der Waals surface area contributed by atoms with Gasteiger partial charge in [-0.1, -0.05) is 0 Å². The molecule has 16 heavy (non-hydrogen) atoms. The zero-order valence-corrected chi connectivity index (χ0v) is 11.3.